The first-order valence-electron chi connectivity index (χ1n) is 36.1. The molecule has 2 atom stereocenters. The highest BCUT2D eigenvalue weighted by molar-refractivity contribution is 6.45. The molecule has 0 aromatic heterocycles. The molecule has 2 unspecified atom stereocenters. The number of carbonyl (C=O) groups is 8. The summed E-state index contributed by atoms with van der Waals surface area (Å²) in [4.78, 5) is 121. The van der Waals surface area contributed by atoms with E-state index in [0.717, 1.165) is 39.3 Å². The number of halogens is 3. The molecule has 0 aliphatic carbocycles. The van der Waals surface area contributed by atoms with Gasteiger partial charge in [-0.1, -0.05) is 164 Å². The van der Waals surface area contributed by atoms with Crippen molar-refractivity contribution in [3.8, 4) is 57.5 Å². The van der Waals surface area contributed by atoms with Gasteiger partial charge in [0.25, 0.3) is 23.6 Å². The Morgan fingerprint density at radius 2 is 0.649 bits per heavy atom. The Morgan fingerprint density at radius 1 is 0.378 bits per heavy atom. The number of anilines is 2. The standard InChI is InChI=1S/C90H81F3N4O14/c1-16-64(80(100)94-52-21-19-23-58(41-52)110-70(98)17-2)96-82(102)60-43-66(106-54-33-25-48(26-34-54)86(4,5)6)74-76-68(108-56-37-29-50(30-38-56)88(10,11)12)45-62-73-63(85(105)97(84(62)104)65(47-90(91,92)93)81(101)95-53-22-20-24-59(42-53)111-71(99)18-3)46-69(109-57-39-31-51(32-40-57)89(13,14)15)77(79(73)76)75-67(44-61(83(96)103)72(60)78(74)75)107-55-35-27-49(28-36-55)87(7,8)9/h17-46,64-65H,2-3,16,47H2,1,4-15H3,(H,94,100)(H,95,101). The molecule has 2 aliphatic rings. The minimum Gasteiger partial charge on any atom is -0.457 e. The Balaban J connectivity index is 1.17. The molecule has 21 heteroatoms. The molecular weight excluding hydrogens is 1420 g/mol. The number of alkyl halides is 3. The Morgan fingerprint density at radius 3 is 0.901 bits per heavy atom. The van der Waals surface area contributed by atoms with Crippen molar-refractivity contribution < 1.29 is 79.9 Å². The number of hydrogen-bond donors (Lipinski definition) is 2. The Labute approximate surface area is 639 Å². The van der Waals surface area contributed by atoms with Crippen molar-refractivity contribution in [1.82, 2.24) is 9.80 Å². The Kier molecular flexibility index (Phi) is 19.8. The van der Waals surface area contributed by atoms with Gasteiger partial charge in [0.15, 0.2) is 0 Å². The second-order valence-electron chi connectivity index (χ2n) is 31.7. The van der Waals surface area contributed by atoms with E-state index < -0.39 is 83.2 Å². The third kappa shape index (κ3) is 15.1. The minimum absolute atomic E-state index is 0.0224. The number of nitrogens with zero attached hydrogens (tertiary/aromatic N) is 2. The zero-order chi connectivity index (χ0) is 79.9. The molecule has 0 saturated carbocycles. The van der Waals surface area contributed by atoms with Crippen molar-refractivity contribution in [2.24, 2.45) is 0 Å². The van der Waals surface area contributed by atoms with Crippen molar-refractivity contribution >= 4 is 102 Å². The lowest BCUT2D eigenvalue weighted by atomic mass is 9.80. The molecule has 0 fully saturated rings. The summed E-state index contributed by atoms with van der Waals surface area (Å²) in [7, 11) is 0. The van der Waals surface area contributed by atoms with Gasteiger partial charge in [0, 0.05) is 78.7 Å². The molecule has 111 heavy (non-hydrogen) atoms. The first-order valence-corrected chi connectivity index (χ1v) is 36.1. The molecule has 0 spiro atoms. The second-order valence-corrected chi connectivity index (χ2v) is 31.7. The van der Waals surface area contributed by atoms with Crippen molar-refractivity contribution in [3.63, 3.8) is 0 Å². The molecule has 2 heterocycles. The van der Waals surface area contributed by atoms with Gasteiger partial charge in [-0.05, 0) is 147 Å². The molecule has 11 aromatic rings. The van der Waals surface area contributed by atoms with Crippen LogP contribution < -0.4 is 39.1 Å². The number of ether oxygens (including phenoxy) is 6. The molecule has 2 aliphatic heterocycles. The number of rotatable bonds is 20. The average Bonchev–Trinajstić information content (AvgIpc) is 0.670. The third-order valence-corrected chi connectivity index (χ3v) is 19.8. The van der Waals surface area contributed by atoms with Crippen molar-refractivity contribution in [1.29, 1.82) is 0 Å². The molecule has 0 bridgehead atoms. The van der Waals surface area contributed by atoms with E-state index in [9.17, 15) is 14.4 Å². The van der Waals surface area contributed by atoms with Crippen LogP contribution in [0, 0.1) is 0 Å². The van der Waals surface area contributed by atoms with Crippen LogP contribution in [0.4, 0.5) is 24.5 Å². The van der Waals surface area contributed by atoms with Gasteiger partial charge < -0.3 is 39.1 Å². The van der Waals surface area contributed by atoms with Gasteiger partial charge in [-0.15, -0.1) is 0 Å². The fourth-order valence-corrected chi connectivity index (χ4v) is 14.1. The summed E-state index contributed by atoms with van der Waals surface area (Å²) in [5.41, 5.74) is 1.11. The van der Waals surface area contributed by atoms with Crippen LogP contribution in [-0.4, -0.2) is 75.4 Å². The van der Waals surface area contributed by atoms with Gasteiger partial charge in [0.2, 0.25) is 11.8 Å². The van der Waals surface area contributed by atoms with Gasteiger partial charge in [0.1, 0.15) is 69.6 Å². The minimum atomic E-state index is -5.22. The van der Waals surface area contributed by atoms with E-state index in [0.29, 0.717) is 0 Å². The lowest BCUT2D eigenvalue weighted by Gasteiger charge is -2.36. The molecule has 2 N–H and O–H groups in total. The van der Waals surface area contributed by atoms with Crippen LogP contribution in [0.1, 0.15) is 167 Å². The Hall–Kier alpha value is -12.7. The molecule has 6 amide bonds. The number of fused-ring (bicyclic) bond motifs is 2. The van der Waals surface area contributed by atoms with Crippen LogP contribution in [-0.2, 0) is 40.8 Å². The highest BCUT2D eigenvalue weighted by Crippen LogP contribution is 2.59. The zero-order valence-electron chi connectivity index (χ0n) is 63.5. The highest BCUT2D eigenvalue weighted by atomic mass is 19.4. The van der Waals surface area contributed by atoms with E-state index in [1.165, 1.54) is 72.8 Å². The van der Waals surface area contributed by atoms with Crippen LogP contribution in [0.2, 0.25) is 0 Å². The molecule has 566 valence electrons. The first-order chi connectivity index (χ1) is 52.3. The summed E-state index contributed by atoms with van der Waals surface area (Å²) in [6, 6.07) is 41.1. The topological polar surface area (TPSA) is 222 Å². The summed E-state index contributed by atoms with van der Waals surface area (Å²) < 4.78 is 85.9. The summed E-state index contributed by atoms with van der Waals surface area (Å²) in [6.07, 6.45) is -5.52. The number of amides is 6. The maximum absolute atomic E-state index is 16.3. The fourth-order valence-electron chi connectivity index (χ4n) is 14.1. The van der Waals surface area contributed by atoms with E-state index >= 15 is 37.1 Å². The summed E-state index contributed by atoms with van der Waals surface area (Å²) in [5, 5.41) is 5.62. The summed E-state index contributed by atoms with van der Waals surface area (Å²) in [6.45, 7) is 32.9. The summed E-state index contributed by atoms with van der Waals surface area (Å²) >= 11 is 0. The number of benzene rings is 11. The highest BCUT2D eigenvalue weighted by Gasteiger charge is 2.49. The zero-order valence-corrected chi connectivity index (χ0v) is 63.5. The number of carbonyl (C=O) groups excluding carboxylic acids is 8. The maximum atomic E-state index is 16.3. The monoisotopic (exact) mass is 1500 g/mol. The van der Waals surface area contributed by atoms with Crippen LogP contribution in [0.3, 0.4) is 0 Å². The number of esters is 2. The van der Waals surface area contributed by atoms with Gasteiger partial charge >= 0.3 is 18.1 Å². The van der Waals surface area contributed by atoms with Crippen LogP contribution >= 0.6 is 0 Å². The van der Waals surface area contributed by atoms with Gasteiger partial charge in [-0.25, -0.2) is 9.59 Å². The van der Waals surface area contributed by atoms with Gasteiger partial charge in [0.05, 0.1) is 28.7 Å². The molecule has 18 nitrogen and oxygen atoms in total. The largest absolute Gasteiger partial charge is 0.457 e. The smallest absolute Gasteiger partial charge is 0.391 e. The molecule has 0 radical (unpaired) electrons. The van der Waals surface area contributed by atoms with E-state index in [1.807, 2.05) is 132 Å². The lowest BCUT2D eigenvalue weighted by Crippen LogP contribution is -2.53. The SMILES string of the molecule is C=CC(=O)Oc1cccc(NC(=O)C(CC)N2C(=O)c3cc(Oc4ccc(C(C)(C)C)cc4)c4c5c(Oc6ccc(C(C)(C)C)cc6)cc6c7c(cc(Oc8ccc(C(C)(C)C)cc8)c(c8c(Oc9ccc(C(C)(C)C)cc9)cc(c3c48)C2=O)c75)C(=O)N(C(CC(F)(F)F)C(=O)Nc2cccc(OC(=O)C=C)c2)C6=O)c1. The molecule has 0 saturated heterocycles. The molecule has 13 rings (SSSR count). The van der Waals surface area contributed by atoms with Crippen molar-refractivity contribution in [2.45, 2.75) is 143 Å². The Bertz CT molecular complexity index is 5440. The normalized spacial score (nSPS) is 13.8. The lowest BCUT2D eigenvalue weighted by molar-refractivity contribution is -0.151. The second kappa shape index (κ2) is 28.7. The van der Waals surface area contributed by atoms with E-state index in [1.54, 1.807) is 55.5 Å². The number of imide groups is 2. The van der Waals surface area contributed by atoms with Gasteiger partial charge in [-0.2, -0.15) is 13.2 Å². The first kappa shape index (κ1) is 76.5. The predicted octanol–water partition coefficient (Wildman–Crippen LogP) is 20.8. The van der Waals surface area contributed by atoms with E-state index in [4.69, 9.17) is 28.4 Å². The molecular formula is C90H81F3N4O14. The average molecular weight is 1500 g/mol. The van der Waals surface area contributed by atoms with Gasteiger partial charge in [-0.3, -0.25) is 38.6 Å². The van der Waals surface area contributed by atoms with Crippen molar-refractivity contribution in [3.05, 3.63) is 240 Å². The van der Waals surface area contributed by atoms with Crippen LogP contribution in [0.5, 0.6) is 57.5 Å². The van der Waals surface area contributed by atoms with Crippen molar-refractivity contribution in [2.75, 3.05) is 10.6 Å². The summed E-state index contributed by atoms with van der Waals surface area (Å²) in [5.74, 6) is -8.17. The third-order valence-electron chi connectivity index (χ3n) is 19.8. The fraction of sp³-hybridized carbons (Fsp3) is 0.244. The van der Waals surface area contributed by atoms with Crippen LogP contribution in [0.15, 0.2) is 195 Å². The quantitative estimate of drug-likeness (QED) is 0.0181. The van der Waals surface area contributed by atoms with E-state index in [2.05, 4.69) is 23.8 Å². The number of nitrogens with one attached hydrogen (secondary N) is 2. The maximum Gasteiger partial charge on any atom is 0.391 e. The number of hydrogen-bond acceptors (Lipinski definition) is 14. The predicted molar refractivity (Wildman–Crippen MR) is 420 cm³/mol. The molecule has 11 aromatic carbocycles. The van der Waals surface area contributed by atoms with Crippen LogP contribution in [0.25, 0.3) is 43.1 Å². The van der Waals surface area contributed by atoms with E-state index in [-0.39, 0.29) is 156 Å².